The van der Waals surface area contributed by atoms with E-state index in [-0.39, 0.29) is 0 Å². The number of anilines is 1. The monoisotopic (exact) mass is 331 g/mol. The number of aliphatic hydroxyl groups is 3. The van der Waals surface area contributed by atoms with E-state index in [4.69, 9.17) is 10.5 Å². The smallest absolute Gasteiger partial charge is 0.164 e. The number of fused-ring (bicyclic) bond motifs is 1. The Bertz CT molecular complexity index is 846. The molecule has 0 saturated carbocycles. The zero-order chi connectivity index (χ0) is 16.8. The van der Waals surface area contributed by atoms with Gasteiger partial charge in [0.05, 0.1) is 17.7 Å². The largest absolute Gasteiger partial charge is 0.394 e. The zero-order valence-corrected chi connectivity index (χ0v) is 12.6. The highest BCUT2D eigenvalue weighted by Crippen LogP contribution is 2.35. The van der Waals surface area contributed by atoms with Crippen LogP contribution >= 0.6 is 0 Å². The minimum absolute atomic E-state index is 0.301. The summed E-state index contributed by atoms with van der Waals surface area (Å²) in [6.45, 7) is -0.394. The van der Waals surface area contributed by atoms with Gasteiger partial charge in [-0.05, 0) is 0 Å². The minimum Gasteiger partial charge on any atom is -0.394 e. The molecule has 9 heteroatoms. The van der Waals surface area contributed by atoms with E-state index in [9.17, 15) is 15.3 Å². The predicted molar refractivity (Wildman–Crippen MR) is 85.2 cm³/mol. The minimum atomic E-state index is -1.20. The second-order valence-electron chi connectivity index (χ2n) is 5.80. The molecule has 1 fully saturated rings. The fraction of sp³-hybridized carbons (Fsp3) is 0.400. The van der Waals surface area contributed by atoms with Crippen LogP contribution in [0.15, 0.2) is 29.8 Å². The highest BCUT2D eigenvalue weighted by atomic mass is 16.6. The molecule has 4 atom stereocenters. The van der Waals surface area contributed by atoms with Crippen LogP contribution in [0.1, 0.15) is 18.2 Å². The van der Waals surface area contributed by atoms with Crippen LogP contribution in [-0.4, -0.2) is 60.5 Å². The van der Waals surface area contributed by atoms with E-state index >= 15 is 0 Å². The molecule has 0 aliphatic carbocycles. The number of nitrogen functional groups attached to an aromatic ring is 1. The summed E-state index contributed by atoms with van der Waals surface area (Å²) in [7, 11) is 0. The molecule has 2 aliphatic rings. The van der Waals surface area contributed by atoms with E-state index in [0.29, 0.717) is 23.3 Å². The standard InChI is InChI=1S/C15H17N5O4/c16-13-10-7(8-2-1-3-17-8)4-20(14(10)19-6-18-13)15-12(23)11(22)9(5-21)24-15/h1,3-4,6,9,11-12,15,21-23H,2,5H2,(H2,16,18,19)/t9-,11?,12+,15-/m1/s1. The molecule has 2 aromatic rings. The van der Waals surface area contributed by atoms with Crippen LogP contribution < -0.4 is 5.73 Å². The summed E-state index contributed by atoms with van der Waals surface area (Å²) in [5.74, 6) is 0.301. The summed E-state index contributed by atoms with van der Waals surface area (Å²) in [5, 5.41) is 30.2. The molecule has 0 bridgehead atoms. The Morgan fingerprint density at radius 2 is 2.12 bits per heavy atom. The molecule has 0 aromatic carbocycles. The molecular weight excluding hydrogens is 314 g/mol. The number of aliphatic imine (C=N–C) groups is 1. The Morgan fingerprint density at radius 1 is 1.29 bits per heavy atom. The molecule has 2 aliphatic heterocycles. The first-order valence-corrected chi connectivity index (χ1v) is 7.57. The van der Waals surface area contributed by atoms with E-state index in [0.717, 1.165) is 11.3 Å². The van der Waals surface area contributed by atoms with Gasteiger partial charge in [-0.15, -0.1) is 0 Å². The maximum atomic E-state index is 10.3. The highest BCUT2D eigenvalue weighted by molar-refractivity contribution is 6.14. The lowest BCUT2D eigenvalue weighted by atomic mass is 10.1. The average Bonchev–Trinajstić information content (AvgIpc) is 3.28. The number of allylic oxidation sites excluding steroid dienone is 1. The number of aliphatic hydroxyl groups excluding tert-OH is 3. The van der Waals surface area contributed by atoms with Crippen molar-refractivity contribution in [3.8, 4) is 0 Å². The lowest BCUT2D eigenvalue weighted by Crippen LogP contribution is -2.33. The number of nitrogens with two attached hydrogens (primary N) is 1. The molecule has 2 aromatic heterocycles. The van der Waals surface area contributed by atoms with Gasteiger partial charge < -0.3 is 30.4 Å². The van der Waals surface area contributed by atoms with Gasteiger partial charge in [0.25, 0.3) is 0 Å². The first-order chi connectivity index (χ1) is 11.6. The highest BCUT2D eigenvalue weighted by Gasteiger charge is 2.44. The molecule has 5 N–H and O–H groups in total. The molecule has 1 saturated heterocycles. The van der Waals surface area contributed by atoms with Gasteiger partial charge in [0, 0.05) is 24.4 Å². The predicted octanol–water partition coefficient (Wildman–Crippen LogP) is -0.669. The Balaban J connectivity index is 1.86. The Labute approximate surface area is 136 Å². The quantitative estimate of drug-likeness (QED) is 0.585. The second-order valence-corrected chi connectivity index (χ2v) is 5.80. The number of hydrogen-bond acceptors (Lipinski definition) is 8. The Morgan fingerprint density at radius 3 is 2.79 bits per heavy atom. The number of hydrogen-bond donors (Lipinski definition) is 4. The van der Waals surface area contributed by atoms with Gasteiger partial charge in [-0.2, -0.15) is 0 Å². The van der Waals surface area contributed by atoms with Crippen LogP contribution in [0.4, 0.5) is 5.82 Å². The summed E-state index contributed by atoms with van der Waals surface area (Å²) in [6, 6.07) is 0. The number of aromatic nitrogens is 3. The topological polar surface area (TPSA) is 139 Å². The summed E-state index contributed by atoms with van der Waals surface area (Å²) >= 11 is 0. The van der Waals surface area contributed by atoms with Crippen LogP contribution in [0, 0.1) is 0 Å². The van der Waals surface area contributed by atoms with E-state index in [1.165, 1.54) is 6.33 Å². The lowest BCUT2D eigenvalue weighted by molar-refractivity contribution is -0.0508. The zero-order valence-electron chi connectivity index (χ0n) is 12.6. The summed E-state index contributed by atoms with van der Waals surface area (Å²) in [6.07, 6.45) is 3.21. The summed E-state index contributed by atoms with van der Waals surface area (Å²) in [5.41, 5.74) is 8.06. The molecular formula is C15H17N5O4. The van der Waals surface area contributed by atoms with Crippen molar-refractivity contribution in [2.75, 3.05) is 12.3 Å². The van der Waals surface area contributed by atoms with Gasteiger partial charge in [-0.3, -0.25) is 4.99 Å². The molecule has 4 heterocycles. The van der Waals surface area contributed by atoms with Crippen LogP contribution in [0.25, 0.3) is 11.0 Å². The molecule has 0 spiro atoms. The Hall–Kier alpha value is -2.33. The van der Waals surface area contributed by atoms with Crippen LogP contribution in [0.5, 0.6) is 0 Å². The Kier molecular flexibility index (Phi) is 3.57. The van der Waals surface area contributed by atoms with Crippen molar-refractivity contribution in [2.24, 2.45) is 4.99 Å². The molecule has 0 radical (unpaired) electrons. The summed E-state index contributed by atoms with van der Waals surface area (Å²) in [4.78, 5) is 12.6. The van der Waals surface area contributed by atoms with Crippen molar-refractivity contribution in [1.82, 2.24) is 14.5 Å². The molecule has 9 nitrogen and oxygen atoms in total. The molecule has 4 rings (SSSR count). The first-order valence-electron chi connectivity index (χ1n) is 7.57. The van der Waals surface area contributed by atoms with Crippen molar-refractivity contribution in [1.29, 1.82) is 0 Å². The van der Waals surface area contributed by atoms with Gasteiger partial charge in [0.1, 0.15) is 36.1 Å². The van der Waals surface area contributed by atoms with E-state index in [2.05, 4.69) is 15.0 Å². The molecule has 24 heavy (non-hydrogen) atoms. The van der Waals surface area contributed by atoms with Gasteiger partial charge in [0.2, 0.25) is 0 Å². The van der Waals surface area contributed by atoms with Crippen molar-refractivity contribution in [3.63, 3.8) is 0 Å². The van der Waals surface area contributed by atoms with Crippen molar-refractivity contribution < 1.29 is 20.1 Å². The van der Waals surface area contributed by atoms with Crippen molar-refractivity contribution >= 4 is 22.6 Å². The van der Waals surface area contributed by atoms with E-state index < -0.39 is 31.1 Å². The normalized spacial score (nSPS) is 29.5. The number of rotatable bonds is 3. The fourth-order valence-electron chi connectivity index (χ4n) is 3.17. The third kappa shape index (κ3) is 2.13. The van der Waals surface area contributed by atoms with Gasteiger partial charge in [-0.25, -0.2) is 9.97 Å². The van der Waals surface area contributed by atoms with Crippen molar-refractivity contribution in [3.05, 3.63) is 30.4 Å². The number of nitrogens with zero attached hydrogens (tertiary/aromatic N) is 4. The van der Waals surface area contributed by atoms with E-state index in [1.54, 1.807) is 17.0 Å². The maximum Gasteiger partial charge on any atom is 0.164 e. The molecule has 1 unspecified atom stereocenters. The van der Waals surface area contributed by atoms with E-state index in [1.807, 2.05) is 6.08 Å². The lowest BCUT2D eigenvalue weighted by Gasteiger charge is -2.17. The third-order valence-electron chi connectivity index (χ3n) is 4.39. The van der Waals surface area contributed by atoms with Crippen molar-refractivity contribution in [2.45, 2.75) is 31.0 Å². The first kappa shape index (κ1) is 15.2. The third-order valence-corrected chi connectivity index (χ3v) is 4.39. The molecule has 0 amide bonds. The maximum absolute atomic E-state index is 10.3. The number of ether oxygens (including phenoxy) is 1. The fourth-order valence-corrected chi connectivity index (χ4v) is 3.17. The van der Waals surface area contributed by atoms with Gasteiger partial charge in [0.15, 0.2) is 6.23 Å². The van der Waals surface area contributed by atoms with Crippen LogP contribution in [-0.2, 0) is 4.74 Å². The second kappa shape index (κ2) is 5.64. The van der Waals surface area contributed by atoms with Crippen LogP contribution in [0.3, 0.4) is 0 Å². The van der Waals surface area contributed by atoms with Crippen LogP contribution in [0.2, 0.25) is 0 Å². The summed E-state index contributed by atoms with van der Waals surface area (Å²) < 4.78 is 7.21. The molecule has 126 valence electrons. The average molecular weight is 331 g/mol. The van der Waals surface area contributed by atoms with Gasteiger partial charge in [-0.1, -0.05) is 6.08 Å². The van der Waals surface area contributed by atoms with Gasteiger partial charge >= 0.3 is 0 Å². The SMILES string of the molecule is Nc1ncnc2c1c(C1=NC=CC1)cn2[C@@H]1O[C@H](CO)C(O)[C@@H]1O.